The number of fused-ring (bicyclic) bond motifs is 1. The zero-order chi connectivity index (χ0) is 12.5. The van der Waals surface area contributed by atoms with E-state index in [1.165, 1.54) is 0 Å². The molecular weight excluding hydrogens is 341 g/mol. The van der Waals surface area contributed by atoms with Crippen molar-refractivity contribution in [3.63, 3.8) is 0 Å². The third kappa shape index (κ3) is 2.04. The third-order valence-electron chi connectivity index (χ3n) is 2.89. The van der Waals surface area contributed by atoms with E-state index in [-0.39, 0.29) is 0 Å². The molecule has 0 atom stereocenters. The van der Waals surface area contributed by atoms with Crippen molar-refractivity contribution >= 4 is 33.6 Å². The molecule has 0 saturated heterocycles. The number of benzene rings is 1. The van der Waals surface area contributed by atoms with Gasteiger partial charge in [0.05, 0.1) is 16.3 Å². The fourth-order valence-electron chi connectivity index (χ4n) is 2.07. The van der Waals surface area contributed by atoms with Crippen LogP contribution in [0.3, 0.4) is 0 Å². The molecule has 0 amide bonds. The van der Waals surface area contributed by atoms with E-state index in [2.05, 4.69) is 27.7 Å². The van der Waals surface area contributed by atoms with E-state index < -0.39 is 0 Å². The summed E-state index contributed by atoms with van der Waals surface area (Å²) >= 11 is 2.24. The van der Waals surface area contributed by atoms with Gasteiger partial charge in [-0.05, 0) is 28.7 Å². The zero-order valence-electron chi connectivity index (χ0n) is 9.64. The summed E-state index contributed by atoms with van der Waals surface area (Å²) in [5.74, 6) is 0.887. The molecule has 3 aromatic rings. The van der Waals surface area contributed by atoms with Gasteiger partial charge in [0.15, 0.2) is 0 Å². The molecule has 0 saturated carbocycles. The summed E-state index contributed by atoms with van der Waals surface area (Å²) < 4.78 is 8.83. The minimum atomic E-state index is 0.477. The Bertz CT molecular complexity index is 686. The Morgan fingerprint density at radius 1 is 1.33 bits per heavy atom. The van der Waals surface area contributed by atoms with E-state index >= 15 is 0 Å². The smallest absolute Gasteiger partial charge is 0.134 e. The molecule has 18 heavy (non-hydrogen) atoms. The minimum absolute atomic E-state index is 0.477. The fraction of sp³-hybridized carbons (Fsp3) is 0.154. The molecule has 4 nitrogen and oxygen atoms in total. The molecule has 0 unspecified atom stereocenters. The van der Waals surface area contributed by atoms with Crippen LogP contribution in [0.25, 0.3) is 11.0 Å². The molecular formula is C13H12IN3O. The van der Waals surface area contributed by atoms with Gasteiger partial charge in [-0.15, -0.1) is 0 Å². The number of rotatable bonds is 3. The summed E-state index contributed by atoms with van der Waals surface area (Å²) in [6, 6.07) is 7.96. The summed E-state index contributed by atoms with van der Waals surface area (Å²) in [6.45, 7) is 1.09. The predicted octanol–water partition coefficient (Wildman–Crippen LogP) is 2.74. The monoisotopic (exact) mass is 353 g/mol. The SMILES string of the molecule is NCc1c(Cn2cc(I)cn2)oc2ccccc12. The van der Waals surface area contributed by atoms with Crippen LogP contribution in [0.4, 0.5) is 0 Å². The number of nitrogens with two attached hydrogens (primary N) is 1. The average Bonchev–Trinajstić information content (AvgIpc) is 2.92. The summed E-state index contributed by atoms with van der Waals surface area (Å²) in [7, 11) is 0. The number of furan rings is 1. The molecule has 0 aliphatic rings. The van der Waals surface area contributed by atoms with Gasteiger partial charge in [-0.1, -0.05) is 18.2 Å². The van der Waals surface area contributed by atoms with Crippen LogP contribution in [0.5, 0.6) is 0 Å². The molecule has 0 spiro atoms. The molecule has 92 valence electrons. The largest absolute Gasteiger partial charge is 0.459 e. The first kappa shape index (κ1) is 11.7. The van der Waals surface area contributed by atoms with Gasteiger partial charge in [-0.2, -0.15) is 5.10 Å². The lowest BCUT2D eigenvalue weighted by Gasteiger charge is -2.00. The number of halogens is 1. The molecule has 0 aliphatic heterocycles. The van der Waals surface area contributed by atoms with Crippen LogP contribution in [-0.2, 0) is 13.1 Å². The zero-order valence-corrected chi connectivity index (χ0v) is 11.8. The average molecular weight is 353 g/mol. The maximum absolute atomic E-state index is 5.86. The molecule has 2 aromatic heterocycles. The molecule has 0 fully saturated rings. The van der Waals surface area contributed by atoms with E-state index in [9.17, 15) is 0 Å². The second kappa shape index (κ2) is 4.74. The second-order valence-corrected chi connectivity index (χ2v) is 5.31. The van der Waals surface area contributed by atoms with Crippen LogP contribution >= 0.6 is 22.6 Å². The lowest BCUT2D eigenvalue weighted by Crippen LogP contribution is -2.04. The lowest BCUT2D eigenvalue weighted by molar-refractivity contribution is 0.504. The first-order valence-corrected chi connectivity index (χ1v) is 6.73. The van der Waals surface area contributed by atoms with Gasteiger partial charge >= 0.3 is 0 Å². The molecule has 2 heterocycles. The maximum atomic E-state index is 5.86. The van der Waals surface area contributed by atoms with Crippen molar-refractivity contribution in [2.45, 2.75) is 13.1 Å². The summed E-state index contributed by atoms with van der Waals surface area (Å²) in [5, 5.41) is 5.36. The van der Waals surface area contributed by atoms with Crippen LogP contribution in [0.2, 0.25) is 0 Å². The Morgan fingerprint density at radius 2 is 2.17 bits per heavy atom. The minimum Gasteiger partial charge on any atom is -0.459 e. The van der Waals surface area contributed by atoms with Gasteiger partial charge in [0, 0.05) is 23.7 Å². The molecule has 0 aliphatic carbocycles. The van der Waals surface area contributed by atoms with Crippen molar-refractivity contribution in [1.29, 1.82) is 0 Å². The molecule has 3 rings (SSSR count). The molecule has 2 N–H and O–H groups in total. The Kier molecular flexibility index (Phi) is 3.09. The van der Waals surface area contributed by atoms with Gasteiger partial charge in [0.25, 0.3) is 0 Å². The predicted molar refractivity (Wildman–Crippen MR) is 78.2 cm³/mol. The quantitative estimate of drug-likeness (QED) is 0.737. The summed E-state index contributed by atoms with van der Waals surface area (Å²) in [6.07, 6.45) is 3.80. The second-order valence-electron chi connectivity index (χ2n) is 4.06. The van der Waals surface area contributed by atoms with E-state index in [4.69, 9.17) is 10.2 Å². The number of nitrogens with zero attached hydrogens (tertiary/aromatic N) is 2. The van der Waals surface area contributed by atoms with E-state index in [1.807, 2.05) is 41.3 Å². The first-order valence-electron chi connectivity index (χ1n) is 5.65. The number of hydrogen-bond acceptors (Lipinski definition) is 3. The van der Waals surface area contributed by atoms with Crippen molar-refractivity contribution < 1.29 is 4.42 Å². The van der Waals surface area contributed by atoms with Crippen molar-refractivity contribution in [2.24, 2.45) is 5.73 Å². The Labute approximate surface area is 118 Å². The van der Waals surface area contributed by atoms with Crippen molar-refractivity contribution in [3.8, 4) is 0 Å². The topological polar surface area (TPSA) is 57.0 Å². The molecule has 5 heteroatoms. The van der Waals surface area contributed by atoms with Crippen molar-refractivity contribution in [2.75, 3.05) is 0 Å². The fourth-order valence-corrected chi connectivity index (χ4v) is 2.52. The van der Waals surface area contributed by atoms with Gasteiger partial charge in [0.2, 0.25) is 0 Å². The van der Waals surface area contributed by atoms with Gasteiger partial charge in [0.1, 0.15) is 11.3 Å². The Hall–Kier alpha value is -1.34. The lowest BCUT2D eigenvalue weighted by atomic mass is 10.1. The van der Waals surface area contributed by atoms with Crippen LogP contribution < -0.4 is 5.73 Å². The first-order chi connectivity index (χ1) is 8.78. The standard InChI is InChI=1S/C13H12IN3O/c14-9-6-16-17(7-9)8-13-11(5-15)10-3-1-2-4-12(10)18-13/h1-4,6-7H,5,8,15H2. The van der Waals surface area contributed by atoms with Gasteiger partial charge in [-0.25, -0.2) is 0 Å². The highest BCUT2D eigenvalue weighted by molar-refractivity contribution is 14.1. The molecule has 0 bridgehead atoms. The van der Waals surface area contributed by atoms with Crippen LogP contribution in [0.1, 0.15) is 11.3 Å². The van der Waals surface area contributed by atoms with Crippen molar-refractivity contribution in [1.82, 2.24) is 9.78 Å². The third-order valence-corrected chi connectivity index (χ3v) is 3.45. The Balaban J connectivity index is 2.05. The number of para-hydroxylation sites is 1. The van der Waals surface area contributed by atoms with E-state index in [0.717, 1.165) is 25.9 Å². The van der Waals surface area contributed by atoms with Crippen LogP contribution in [0, 0.1) is 3.57 Å². The highest BCUT2D eigenvalue weighted by atomic mass is 127. The van der Waals surface area contributed by atoms with Crippen LogP contribution in [0.15, 0.2) is 41.1 Å². The maximum Gasteiger partial charge on any atom is 0.134 e. The number of hydrogen-bond donors (Lipinski definition) is 1. The van der Waals surface area contributed by atoms with Gasteiger partial charge < -0.3 is 10.2 Å². The van der Waals surface area contributed by atoms with E-state index in [0.29, 0.717) is 13.1 Å². The molecule has 1 aromatic carbocycles. The van der Waals surface area contributed by atoms with Crippen LogP contribution in [-0.4, -0.2) is 9.78 Å². The molecule has 0 radical (unpaired) electrons. The summed E-state index contributed by atoms with van der Waals surface area (Å²) in [4.78, 5) is 0. The highest BCUT2D eigenvalue weighted by Gasteiger charge is 2.13. The Morgan fingerprint density at radius 3 is 2.89 bits per heavy atom. The normalized spacial score (nSPS) is 11.2. The highest BCUT2D eigenvalue weighted by Crippen LogP contribution is 2.26. The van der Waals surface area contributed by atoms with E-state index in [1.54, 1.807) is 0 Å². The van der Waals surface area contributed by atoms with Crippen molar-refractivity contribution in [3.05, 3.63) is 51.6 Å². The van der Waals surface area contributed by atoms with Gasteiger partial charge in [-0.3, -0.25) is 4.68 Å². The summed E-state index contributed by atoms with van der Waals surface area (Å²) in [5.41, 5.74) is 7.78. The number of aromatic nitrogens is 2.